The van der Waals surface area contributed by atoms with Crippen molar-refractivity contribution in [2.75, 3.05) is 13.6 Å². The molecule has 20 heavy (non-hydrogen) atoms. The van der Waals surface area contributed by atoms with Gasteiger partial charge in [0.2, 0.25) is 0 Å². The summed E-state index contributed by atoms with van der Waals surface area (Å²) in [4.78, 5) is 0. The van der Waals surface area contributed by atoms with Crippen LogP contribution in [0.15, 0.2) is 48.5 Å². The van der Waals surface area contributed by atoms with E-state index in [1.54, 1.807) is 12.1 Å². The Hall–Kier alpha value is -1.71. The van der Waals surface area contributed by atoms with Gasteiger partial charge in [0.15, 0.2) is 0 Å². The third-order valence-corrected chi connectivity index (χ3v) is 3.20. The van der Waals surface area contributed by atoms with E-state index in [9.17, 15) is 4.39 Å². The van der Waals surface area contributed by atoms with Crippen molar-refractivity contribution in [3.05, 3.63) is 71.0 Å². The Kier molecular flexibility index (Phi) is 5.27. The van der Waals surface area contributed by atoms with Crippen LogP contribution in [0, 0.1) is 12.7 Å². The van der Waals surface area contributed by atoms with Gasteiger partial charge in [-0.2, -0.15) is 0 Å². The first-order valence-electron chi connectivity index (χ1n) is 6.77. The lowest BCUT2D eigenvalue weighted by molar-refractivity contribution is 0.0395. The Morgan fingerprint density at radius 3 is 2.65 bits per heavy atom. The number of likely N-dealkylation sites (N-methyl/N-ethyl adjacent to an activating group) is 1. The van der Waals surface area contributed by atoms with Crippen LogP contribution in [-0.4, -0.2) is 13.6 Å². The Balaban J connectivity index is 2.08. The van der Waals surface area contributed by atoms with Gasteiger partial charge < -0.3 is 10.1 Å². The number of benzene rings is 2. The Bertz CT molecular complexity index is 556. The molecule has 2 nitrogen and oxygen atoms in total. The summed E-state index contributed by atoms with van der Waals surface area (Å²) in [7, 11) is 1.88. The molecule has 1 atom stereocenters. The van der Waals surface area contributed by atoms with Crippen LogP contribution in [0.4, 0.5) is 4.39 Å². The number of aryl methyl sites for hydroxylation is 1. The molecule has 2 aromatic carbocycles. The molecule has 0 spiro atoms. The van der Waals surface area contributed by atoms with Crippen LogP contribution >= 0.6 is 0 Å². The van der Waals surface area contributed by atoms with E-state index < -0.39 is 0 Å². The number of hydrogen-bond donors (Lipinski definition) is 1. The van der Waals surface area contributed by atoms with E-state index in [2.05, 4.69) is 24.4 Å². The first-order chi connectivity index (χ1) is 9.70. The maximum absolute atomic E-state index is 13.6. The van der Waals surface area contributed by atoms with E-state index in [1.165, 1.54) is 11.6 Å². The van der Waals surface area contributed by atoms with Crippen molar-refractivity contribution in [2.24, 2.45) is 0 Å². The summed E-state index contributed by atoms with van der Waals surface area (Å²) in [5.41, 5.74) is 2.88. The minimum atomic E-state index is -0.222. The van der Waals surface area contributed by atoms with Gasteiger partial charge in [-0.15, -0.1) is 0 Å². The van der Waals surface area contributed by atoms with Crippen LogP contribution < -0.4 is 5.32 Å². The van der Waals surface area contributed by atoms with Gasteiger partial charge in [0.25, 0.3) is 0 Å². The molecule has 0 saturated carbocycles. The highest BCUT2D eigenvalue weighted by molar-refractivity contribution is 5.24. The monoisotopic (exact) mass is 273 g/mol. The molecule has 0 bridgehead atoms. The van der Waals surface area contributed by atoms with Gasteiger partial charge in [-0.25, -0.2) is 4.39 Å². The molecule has 2 aromatic rings. The zero-order valence-electron chi connectivity index (χ0n) is 11.9. The van der Waals surface area contributed by atoms with Crippen molar-refractivity contribution in [3.8, 4) is 0 Å². The predicted molar refractivity (Wildman–Crippen MR) is 79.0 cm³/mol. The molecular formula is C17H20FNO. The lowest BCUT2D eigenvalue weighted by Gasteiger charge is -2.19. The van der Waals surface area contributed by atoms with Crippen molar-refractivity contribution in [1.29, 1.82) is 0 Å². The molecule has 0 fully saturated rings. The fourth-order valence-corrected chi connectivity index (χ4v) is 2.13. The summed E-state index contributed by atoms with van der Waals surface area (Å²) in [6.07, 6.45) is -0.0838. The van der Waals surface area contributed by atoms with Crippen molar-refractivity contribution < 1.29 is 9.13 Å². The van der Waals surface area contributed by atoms with Crippen LogP contribution in [0.25, 0.3) is 0 Å². The fourth-order valence-electron chi connectivity index (χ4n) is 2.13. The second-order valence-corrected chi connectivity index (χ2v) is 4.86. The summed E-state index contributed by atoms with van der Waals surface area (Å²) in [6, 6.07) is 14.9. The van der Waals surface area contributed by atoms with Gasteiger partial charge in [0, 0.05) is 12.1 Å². The average molecular weight is 273 g/mol. The lowest BCUT2D eigenvalue weighted by Crippen LogP contribution is -2.20. The van der Waals surface area contributed by atoms with Crippen molar-refractivity contribution in [3.63, 3.8) is 0 Å². The highest BCUT2D eigenvalue weighted by atomic mass is 19.1. The molecule has 106 valence electrons. The highest BCUT2D eigenvalue weighted by Crippen LogP contribution is 2.20. The molecule has 1 N–H and O–H groups in total. The van der Waals surface area contributed by atoms with Crippen LogP contribution in [0.2, 0.25) is 0 Å². The predicted octanol–water partition coefficient (Wildman–Crippen LogP) is 3.61. The average Bonchev–Trinajstić information content (AvgIpc) is 2.45. The summed E-state index contributed by atoms with van der Waals surface area (Å²) in [5.74, 6) is -0.222. The molecule has 0 aliphatic heterocycles. The molecule has 2 rings (SSSR count). The Labute approximate surface area is 119 Å². The molecule has 0 amide bonds. The molecular weight excluding hydrogens is 253 g/mol. The fraction of sp³-hybridized carbons (Fsp3) is 0.294. The molecule has 0 heterocycles. The van der Waals surface area contributed by atoms with Gasteiger partial charge in [-0.1, -0.05) is 48.0 Å². The second kappa shape index (κ2) is 7.17. The third-order valence-electron chi connectivity index (χ3n) is 3.20. The molecule has 0 aliphatic rings. The van der Waals surface area contributed by atoms with Crippen molar-refractivity contribution >= 4 is 0 Å². The first-order valence-corrected chi connectivity index (χ1v) is 6.77. The summed E-state index contributed by atoms with van der Waals surface area (Å²) in [6.45, 7) is 3.02. The van der Waals surface area contributed by atoms with Gasteiger partial charge in [0.1, 0.15) is 5.82 Å². The summed E-state index contributed by atoms with van der Waals surface area (Å²) < 4.78 is 19.5. The van der Waals surface area contributed by atoms with Gasteiger partial charge in [-0.05, 0) is 25.6 Å². The molecule has 0 aliphatic carbocycles. The summed E-state index contributed by atoms with van der Waals surface area (Å²) in [5, 5.41) is 3.12. The number of halogens is 1. The minimum Gasteiger partial charge on any atom is -0.367 e. The number of hydrogen-bond acceptors (Lipinski definition) is 2. The third kappa shape index (κ3) is 3.89. The lowest BCUT2D eigenvalue weighted by atomic mass is 10.1. The number of rotatable bonds is 6. The topological polar surface area (TPSA) is 21.3 Å². The Morgan fingerprint density at radius 2 is 1.95 bits per heavy atom. The van der Waals surface area contributed by atoms with Gasteiger partial charge in [0.05, 0.1) is 12.7 Å². The van der Waals surface area contributed by atoms with Gasteiger partial charge >= 0.3 is 0 Å². The van der Waals surface area contributed by atoms with E-state index in [0.717, 1.165) is 5.56 Å². The molecule has 1 unspecified atom stereocenters. The minimum absolute atomic E-state index is 0.0838. The molecule has 0 saturated heterocycles. The zero-order chi connectivity index (χ0) is 14.4. The standard InChI is InChI=1S/C17H20FNO/c1-13-6-5-8-14(10-13)17(11-19-2)20-12-15-7-3-4-9-16(15)18/h3-10,17,19H,11-12H2,1-2H3. The van der Waals surface area contributed by atoms with Crippen molar-refractivity contribution in [2.45, 2.75) is 19.6 Å². The molecule has 0 radical (unpaired) electrons. The van der Waals surface area contributed by atoms with E-state index in [-0.39, 0.29) is 18.5 Å². The van der Waals surface area contributed by atoms with Gasteiger partial charge in [-0.3, -0.25) is 0 Å². The quantitative estimate of drug-likeness (QED) is 0.868. The SMILES string of the molecule is CNCC(OCc1ccccc1F)c1cccc(C)c1. The first kappa shape index (κ1) is 14.7. The largest absolute Gasteiger partial charge is 0.367 e. The molecule has 3 heteroatoms. The van der Waals surface area contributed by atoms with E-state index in [0.29, 0.717) is 12.1 Å². The highest BCUT2D eigenvalue weighted by Gasteiger charge is 2.12. The Morgan fingerprint density at radius 1 is 1.15 bits per heavy atom. The second-order valence-electron chi connectivity index (χ2n) is 4.86. The van der Waals surface area contributed by atoms with Crippen molar-refractivity contribution in [1.82, 2.24) is 5.32 Å². The normalized spacial score (nSPS) is 12.3. The molecule has 0 aromatic heterocycles. The van der Waals surface area contributed by atoms with E-state index in [1.807, 2.05) is 25.2 Å². The van der Waals surface area contributed by atoms with E-state index in [4.69, 9.17) is 4.74 Å². The maximum atomic E-state index is 13.6. The number of ether oxygens (including phenoxy) is 1. The van der Waals surface area contributed by atoms with Crippen LogP contribution in [0.1, 0.15) is 22.8 Å². The summed E-state index contributed by atoms with van der Waals surface area (Å²) >= 11 is 0. The van der Waals surface area contributed by atoms with E-state index >= 15 is 0 Å². The number of nitrogens with one attached hydrogen (secondary N) is 1. The van der Waals surface area contributed by atoms with Crippen LogP contribution in [0.3, 0.4) is 0 Å². The van der Waals surface area contributed by atoms with Crippen LogP contribution in [0.5, 0.6) is 0 Å². The maximum Gasteiger partial charge on any atom is 0.128 e. The zero-order valence-corrected chi connectivity index (χ0v) is 11.9. The van der Waals surface area contributed by atoms with Crippen LogP contribution in [-0.2, 0) is 11.3 Å². The smallest absolute Gasteiger partial charge is 0.128 e.